The van der Waals surface area contributed by atoms with E-state index in [4.69, 9.17) is 9.47 Å². The average Bonchev–Trinajstić information content (AvgIpc) is 2.44. The molecule has 0 aromatic rings. The zero-order valence-electron chi connectivity index (χ0n) is 8.93. The predicted octanol–water partition coefficient (Wildman–Crippen LogP) is -0.397. The second kappa shape index (κ2) is 4.13. The van der Waals surface area contributed by atoms with Crippen LogP contribution in [0, 0.1) is 0 Å². The van der Waals surface area contributed by atoms with Crippen LogP contribution in [0.5, 0.6) is 0 Å². The number of carbonyl (C=O) groups is 2. The molecule has 2 aliphatic heterocycles. The molecule has 0 unspecified atom stereocenters. The maximum atomic E-state index is 11.6. The number of ether oxygens (including phenoxy) is 2. The Morgan fingerprint density at radius 1 is 1.62 bits per heavy atom. The Kier molecular flexibility index (Phi) is 2.82. The van der Waals surface area contributed by atoms with Gasteiger partial charge in [-0.25, -0.2) is 4.79 Å². The lowest BCUT2D eigenvalue weighted by atomic mass is 10.2. The summed E-state index contributed by atoms with van der Waals surface area (Å²) in [6.07, 6.45) is 0. The number of nitrogens with zero attached hydrogens (tertiary/aromatic N) is 1. The number of aliphatic hydroxyl groups excluding tert-OH is 1. The Hall–Kier alpha value is -1.56. The highest BCUT2D eigenvalue weighted by Gasteiger charge is 2.40. The van der Waals surface area contributed by atoms with Gasteiger partial charge in [-0.3, -0.25) is 4.79 Å². The SMILES string of the molecule is CCOC(=O)C1=C(O)C(=O)N(C2COC2)C1. The Bertz CT molecular complexity index is 358. The van der Waals surface area contributed by atoms with Gasteiger partial charge in [-0.15, -0.1) is 0 Å². The highest BCUT2D eigenvalue weighted by atomic mass is 16.5. The van der Waals surface area contributed by atoms with Gasteiger partial charge < -0.3 is 19.5 Å². The molecule has 2 heterocycles. The summed E-state index contributed by atoms with van der Waals surface area (Å²) in [6, 6.07) is -0.0402. The van der Waals surface area contributed by atoms with Crippen LogP contribution >= 0.6 is 0 Å². The molecule has 2 aliphatic rings. The first-order valence-corrected chi connectivity index (χ1v) is 5.13. The third-order valence-corrected chi connectivity index (χ3v) is 2.66. The van der Waals surface area contributed by atoms with Gasteiger partial charge in [0.15, 0.2) is 5.76 Å². The molecule has 2 rings (SSSR count). The maximum Gasteiger partial charge on any atom is 0.339 e. The minimum Gasteiger partial charge on any atom is -0.503 e. The van der Waals surface area contributed by atoms with Crippen molar-refractivity contribution in [2.45, 2.75) is 13.0 Å². The fourth-order valence-corrected chi connectivity index (χ4v) is 1.66. The molecule has 1 amide bonds. The van der Waals surface area contributed by atoms with Crippen molar-refractivity contribution in [2.75, 3.05) is 26.4 Å². The van der Waals surface area contributed by atoms with Crippen LogP contribution in [0.3, 0.4) is 0 Å². The Labute approximate surface area is 92.4 Å². The minimum atomic E-state index is -0.629. The summed E-state index contributed by atoms with van der Waals surface area (Å²) in [7, 11) is 0. The van der Waals surface area contributed by atoms with E-state index in [1.807, 2.05) is 0 Å². The molecule has 0 atom stereocenters. The molecule has 1 fully saturated rings. The van der Waals surface area contributed by atoms with Crippen LogP contribution < -0.4 is 0 Å². The minimum absolute atomic E-state index is 0.0402. The summed E-state index contributed by atoms with van der Waals surface area (Å²) in [5, 5.41) is 9.54. The topological polar surface area (TPSA) is 76.1 Å². The Balaban J connectivity index is 2.09. The summed E-state index contributed by atoms with van der Waals surface area (Å²) < 4.78 is 9.72. The standard InChI is InChI=1S/C10H13NO5/c1-2-16-10(14)7-3-11(6-4-15-5-6)9(13)8(7)12/h6,12H,2-5H2,1H3. The number of carbonyl (C=O) groups excluding carboxylic acids is 2. The van der Waals surface area contributed by atoms with E-state index in [0.29, 0.717) is 13.2 Å². The summed E-state index contributed by atoms with van der Waals surface area (Å²) in [5.74, 6) is -1.64. The first-order valence-electron chi connectivity index (χ1n) is 5.13. The molecule has 0 spiro atoms. The number of aliphatic hydroxyl groups is 1. The molecule has 1 saturated heterocycles. The van der Waals surface area contributed by atoms with Crippen molar-refractivity contribution in [3.05, 3.63) is 11.3 Å². The Morgan fingerprint density at radius 3 is 2.81 bits per heavy atom. The van der Waals surface area contributed by atoms with Crippen LogP contribution in [0.4, 0.5) is 0 Å². The molecule has 0 bridgehead atoms. The predicted molar refractivity (Wildman–Crippen MR) is 52.6 cm³/mol. The van der Waals surface area contributed by atoms with Gasteiger partial charge in [0.05, 0.1) is 32.4 Å². The van der Waals surface area contributed by atoms with Crippen LogP contribution in [0.25, 0.3) is 0 Å². The third kappa shape index (κ3) is 1.65. The molecule has 0 radical (unpaired) electrons. The second-order valence-electron chi connectivity index (χ2n) is 3.67. The number of esters is 1. The van der Waals surface area contributed by atoms with E-state index in [1.165, 1.54) is 4.90 Å². The number of hydrogen-bond acceptors (Lipinski definition) is 5. The molecule has 0 aliphatic carbocycles. The largest absolute Gasteiger partial charge is 0.503 e. The van der Waals surface area contributed by atoms with Crippen molar-refractivity contribution >= 4 is 11.9 Å². The van der Waals surface area contributed by atoms with E-state index in [0.717, 1.165) is 0 Å². The van der Waals surface area contributed by atoms with Crippen molar-refractivity contribution in [2.24, 2.45) is 0 Å². The third-order valence-electron chi connectivity index (χ3n) is 2.66. The van der Waals surface area contributed by atoms with Gasteiger partial charge in [0.2, 0.25) is 0 Å². The van der Waals surface area contributed by atoms with E-state index in [-0.39, 0.29) is 24.8 Å². The van der Waals surface area contributed by atoms with Crippen LogP contribution in [-0.4, -0.2) is 54.3 Å². The molecule has 1 N–H and O–H groups in total. The number of rotatable bonds is 3. The Morgan fingerprint density at radius 2 is 2.31 bits per heavy atom. The van der Waals surface area contributed by atoms with E-state index < -0.39 is 17.6 Å². The van der Waals surface area contributed by atoms with Crippen LogP contribution in [0.2, 0.25) is 0 Å². The summed E-state index contributed by atoms with van der Waals surface area (Å²) in [5.41, 5.74) is 0.0405. The van der Waals surface area contributed by atoms with Crippen molar-refractivity contribution < 1.29 is 24.2 Å². The molecule has 6 heteroatoms. The molecule has 16 heavy (non-hydrogen) atoms. The van der Waals surface area contributed by atoms with Gasteiger partial charge in [0.1, 0.15) is 5.57 Å². The number of hydrogen-bond donors (Lipinski definition) is 1. The van der Waals surface area contributed by atoms with Crippen molar-refractivity contribution in [3.63, 3.8) is 0 Å². The fraction of sp³-hybridized carbons (Fsp3) is 0.600. The first-order chi connectivity index (χ1) is 7.65. The van der Waals surface area contributed by atoms with Gasteiger partial charge >= 0.3 is 5.97 Å². The average molecular weight is 227 g/mol. The fourth-order valence-electron chi connectivity index (χ4n) is 1.66. The van der Waals surface area contributed by atoms with Crippen LogP contribution in [0.15, 0.2) is 11.3 Å². The van der Waals surface area contributed by atoms with Gasteiger partial charge in [-0.1, -0.05) is 0 Å². The second-order valence-corrected chi connectivity index (χ2v) is 3.67. The maximum absolute atomic E-state index is 11.6. The van der Waals surface area contributed by atoms with Gasteiger partial charge in [-0.2, -0.15) is 0 Å². The molecular formula is C10H13NO5. The monoisotopic (exact) mass is 227 g/mol. The lowest BCUT2D eigenvalue weighted by Gasteiger charge is -2.34. The van der Waals surface area contributed by atoms with E-state index in [9.17, 15) is 14.7 Å². The highest BCUT2D eigenvalue weighted by molar-refractivity contribution is 6.05. The summed E-state index contributed by atoms with van der Waals surface area (Å²) >= 11 is 0. The zero-order chi connectivity index (χ0) is 11.7. The van der Waals surface area contributed by atoms with Crippen LogP contribution in [-0.2, 0) is 19.1 Å². The highest BCUT2D eigenvalue weighted by Crippen LogP contribution is 2.23. The molecule has 88 valence electrons. The lowest BCUT2D eigenvalue weighted by Crippen LogP contribution is -2.50. The van der Waals surface area contributed by atoms with E-state index >= 15 is 0 Å². The molecule has 0 saturated carbocycles. The van der Waals surface area contributed by atoms with Crippen LogP contribution in [0.1, 0.15) is 6.92 Å². The lowest BCUT2D eigenvalue weighted by molar-refractivity contribution is -0.140. The van der Waals surface area contributed by atoms with Crippen molar-refractivity contribution in [1.29, 1.82) is 0 Å². The van der Waals surface area contributed by atoms with Gasteiger partial charge in [0.25, 0.3) is 5.91 Å². The first kappa shape index (κ1) is 10.9. The van der Waals surface area contributed by atoms with Gasteiger partial charge in [0, 0.05) is 0 Å². The number of amides is 1. The molecule has 0 aromatic carbocycles. The quantitative estimate of drug-likeness (QED) is 0.664. The normalized spacial score (nSPS) is 21.3. The zero-order valence-corrected chi connectivity index (χ0v) is 8.93. The van der Waals surface area contributed by atoms with E-state index in [2.05, 4.69) is 0 Å². The molecule has 0 aromatic heterocycles. The van der Waals surface area contributed by atoms with Crippen molar-refractivity contribution in [1.82, 2.24) is 4.90 Å². The van der Waals surface area contributed by atoms with Crippen molar-refractivity contribution in [3.8, 4) is 0 Å². The smallest absolute Gasteiger partial charge is 0.339 e. The van der Waals surface area contributed by atoms with Gasteiger partial charge in [-0.05, 0) is 6.92 Å². The molecule has 6 nitrogen and oxygen atoms in total. The summed E-state index contributed by atoms with van der Waals surface area (Å²) in [4.78, 5) is 24.5. The van der Waals surface area contributed by atoms with E-state index in [1.54, 1.807) is 6.92 Å². The molecular weight excluding hydrogens is 214 g/mol. The summed E-state index contributed by atoms with van der Waals surface area (Å²) in [6.45, 7) is 2.90.